The van der Waals surface area contributed by atoms with E-state index in [4.69, 9.17) is 0 Å². The van der Waals surface area contributed by atoms with Crippen molar-refractivity contribution >= 4 is 21.8 Å². The molecule has 94 valence electrons. The van der Waals surface area contributed by atoms with E-state index in [1.165, 1.54) is 0 Å². The smallest absolute Gasteiger partial charge is 0.326 e. The summed E-state index contributed by atoms with van der Waals surface area (Å²) in [5.74, 6) is -0.482. The first-order valence-corrected chi connectivity index (χ1v) is 6.33. The summed E-state index contributed by atoms with van der Waals surface area (Å²) in [6.45, 7) is 3.32. The Morgan fingerprint density at radius 2 is 1.82 bits per heavy atom. The monoisotopic (exact) mass is 258 g/mol. The lowest BCUT2D eigenvalue weighted by Gasteiger charge is -2.31. The van der Waals surface area contributed by atoms with Gasteiger partial charge in [0, 0.05) is 6.04 Å². The number of hydrogen-bond donors (Lipinski definition) is 2. The number of nitrogens with one attached hydrogen (secondary N) is 1. The maximum absolute atomic E-state index is 12.0. The molecular weight excluding hydrogens is 242 g/mol. The number of carbonyl (C=O) groups is 1. The molecule has 0 aromatic heterocycles. The Hall–Kier alpha value is -1.60. The Bertz CT molecular complexity index is 539. The summed E-state index contributed by atoms with van der Waals surface area (Å²) in [7, 11) is -3.75. The second kappa shape index (κ2) is 4.34. The number of hydrogen-bond acceptors (Lipinski definition) is 3. The second-order valence-corrected chi connectivity index (χ2v) is 5.40. The highest BCUT2D eigenvalue weighted by molar-refractivity contribution is 7.91. The van der Waals surface area contributed by atoms with Gasteiger partial charge in [-0.1, -0.05) is 12.1 Å². The molecule has 1 aliphatic rings. The third-order valence-electron chi connectivity index (χ3n) is 2.32. The fraction of sp³-hybridized carbons (Fsp3) is 0.300. The van der Waals surface area contributed by atoms with E-state index in [1.807, 2.05) is 0 Å². The number of nitrogens with zero attached hydrogens (tertiary/aromatic N) is 1. The number of carbonyl (C=O) groups excluding carboxylic acids is 1. The van der Waals surface area contributed by atoms with Crippen LogP contribution in [-0.4, -0.2) is 24.7 Å². The summed E-state index contributed by atoms with van der Waals surface area (Å²) in [6, 6.07) is 6.16. The molecule has 7 heteroatoms. The van der Waals surface area contributed by atoms with Crippen molar-refractivity contribution in [2.45, 2.75) is 19.9 Å². The van der Waals surface area contributed by atoms with Gasteiger partial charge < -0.3 is 6.15 Å². The number of rotatable bonds is 1. The Labute approximate surface area is 100 Å². The second-order valence-electron chi connectivity index (χ2n) is 3.85. The van der Waals surface area contributed by atoms with Gasteiger partial charge >= 0.3 is 10.2 Å². The minimum Gasteiger partial charge on any atom is -0.369 e. The molecule has 0 saturated carbocycles. The Balaban J connectivity index is 0.00000144. The SMILES string of the molecule is CC(C)N1C(=O)c2ccccc2NS1(=O)=O.[NH4+]. The molecule has 0 spiro atoms. The lowest BCUT2D eigenvalue weighted by atomic mass is 10.1. The summed E-state index contributed by atoms with van der Waals surface area (Å²) < 4.78 is 26.8. The zero-order valence-electron chi connectivity index (χ0n) is 9.97. The zero-order chi connectivity index (χ0) is 11.9. The summed E-state index contributed by atoms with van der Waals surface area (Å²) in [4.78, 5) is 12.0. The van der Waals surface area contributed by atoms with E-state index in [0.717, 1.165) is 4.31 Å². The molecule has 0 unspecified atom stereocenters. The fourth-order valence-corrected chi connectivity index (χ4v) is 3.11. The van der Waals surface area contributed by atoms with Crippen molar-refractivity contribution in [3.63, 3.8) is 0 Å². The van der Waals surface area contributed by atoms with Crippen LogP contribution in [0.15, 0.2) is 24.3 Å². The van der Waals surface area contributed by atoms with Gasteiger partial charge in [0.1, 0.15) is 0 Å². The first-order chi connectivity index (χ1) is 7.43. The van der Waals surface area contributed by atoms with Crippen LogP contribution in [0, 0.1) is 0 Å². The van der Waals surface area contributed by atoms with Crippen molar-refractivity contribution < 1.29 is 13.2 Å². The third-order valence-corrected chi connectivity index (χ3v) is 3.91. The van der Waals surface area contributed by atoms with Gasteiger partial charge in [-0.05, 0) is 26.0 Å². The Morgan fingerprint density at radius 1 is 1.24 bits per heavy atom. The summed E-state index contributed by atoms with van der Waals surface area (Å²) in [5, 5.41) is 0. The van der Waals surface area contributed by atoms with E-state index in [0.29, 0.717) is 11.3 Å². The molecule has 0 bridgehead atoms. The topological polar surface area (TPSA) is 103 Å². The van der Waals surface area contributed by atoms with Gasteiger partial charge in [-0.2, -0.15) is 8.42 Å². The van der Waals surface area contributed by atoms with Crippen LogP contribution in [-0.2, 0) is 10.2 Å². The van der Waals surface area contributed by atoms with Crippen LogP contribution in [0.5, 0.6) is 0 Å². The molecule has 0 fully saturated rings. The summed E-state index contributed by atoms with van der Waals surface area (Å²) in [5.41, 5.74) is 0.718. The van der Waals surface area contributed by atoms with E-state index >= 15 is 0 Å². The van der Waals surface area contributed by atoms with Crippen molar-refractivity contribution in [3.8, 4) is 0 Å². The van der Waals surface area contributed by atoms with Crippen LogP contribution in [0.2, 0.25) is 0 Å². The first-order valence-electron chi connectivity index (χ1n) is 4.89. The highest BCUT2D eigenvalue weighted by Crippen LogP contribution is 2.27. The highest BCUT2D eigenvalue weighted by atomic mass is 32.2. The minimum atomic E-state index is -3.75. The number of para-hydroxylation sites is 1. The standard InChI is InChI=1S/C10H12N2O3S.H3N/c1-7(2)12-10(13)8-5-3-4-6-9(8)11-16(12,14)15;/h3-7,11H,1-2H3;1H3/p+1. The molecule has 1 aromatic carbocycles. The van der Waals surface area contributed by atoms with Crippen LogP contribution < -0.4 is 10.9 Å². The largest absolute Gasteiger partial charge is 0.369 e. The maximum atomic E-state index is 12.0. The van der Waals surface area contributed by atoms with Crippen molar-refractivity contribution in [3.05, 3.63) is 29.8 Å². The molecule has 0 aliphatic carbocycles. The number of amides is 1. The van der Waals surface area contributed by atoms with Gasteiger partial charge in [-0.15, -0.1) is 0 Å². The average molecular weight is 258 g/mol. The van der Waals surface area contributed by atoms with Crippen molar-refractivity contribution in [1.82, 2.24) is 10.5 Å². The van der Waals surface area contributed by atoms with E-state index in [9.17, 15) is 13.2 Å². The van der Waals surface area contributed by atoms with Gasteiger partial charge in [-0.25, -0.2) is 4.31 Å². The molecule has 0 saturated heterocycles. The highest BCUT2D eigenvalue weighted by Gasteiger charge is 2.36. The first kappa shape index (κ1) is 13.5. The molecule has 0 radical (unpaired) electrons. The van der Waals surface area contributed by atoms with Gasteiger partial charge in [0.05, 0.1) is 11.3 Å². The molecule has 1 aromatic rings. The minimum absolute atomic E-state index is 0. The Kier molecular flexibility index (Phi) is 3.44. The predicted octanol–water partition coefficient (Wildman–Crippen LogP) is 1.58. The van der Waals surface area contributed by atoms with E-state index in [-0.39, 0.29) is 6.15 Å². The van der Waals surface area contributed by atoms with E-state index in [1.54, 1.807) is 38.1 Å². The molecule has 17 heavy (non-hydrogen) atoms. The van der Waals surface area contributed by atoms with Crippen LogP contribution in [0.4, 0.5) is 5.69 Å². The molecule has 1 amide bonds. The van der Waals surface area contributed by atoms with Gasteiger partial charge in [-0.3, -0.25) is 9.52 Å². The van der Waals surface area contributed by atoms with Crippen LogP contribution in [0.3, 0.4) is 0 Å². The molecule has 5 N–H and O–H groups in total. The van der Waals surface area contributed by atoms with Gasteiger partial charge in [0.15, 0.2) is 0 Å². The molecule has 1 aliphatic heterocycles. The number of fused-ring (bicyclic) bond motifs is 1. The lowest BCUT2D eigenvalue weighted by molar-refractivity contribution is 0.0834. The molecule has 2 rings (SSSR count). The van der Waals surface area contributed by atoms with Crippen LogP contribution in [0.25, 0.3) is 0 Å². The molecular formula is C10H16N3O3S+. The van der Waals surface area contributed by atoms with Crippen LogP contribution >= 0.6 is 0 Å². The van der Waals surface area contributed by atoms with Gasteiger partial charge in [0.25, 0.3) is 5.91 Å². The van der Waals surface area contributed by atoms with Gasteiger partial charge in [0.2, 0.25) is 0 Å². The number of quaternary nitrogens is 1. The normalized spacial score (nSPS) is 17.1. The molecule has 6 nitrogen and oxygen atoms in total. The quantitative estimate of drug-likeness (QED) is 0.799. The summed E-state index contributed by atoms with van der Waals surface area (Å²) >= 11 is 0. The average Bonchev–Trinajstić information content (AvgIpc) is 2.15. The molecule has 1 heterocycles. The van der Waals surface area contributed by atoms with Crippen LogP contribution in [0.1, 0.15) is 24.2 Å². The van der Waals surface area contributed by atoms with Crippen molar-refractivity contribution in [2.24, 2.45) is 0 Å². The van der Waals surface area contributed by atoms with E-state index < -0.39 is 22.2 Å². The van der Waals surface area contributed by atoms with Crippen molar-refractivity contribution in [2.75, 3.05) is 4.72 Å². The van der Waals surface area contributed by atoms with Crippen molar-refractivity contribution in [1.29, 1.82) is 0 Å². The van der Waals surface area contributed by atoms with E-state index in [2.05, 4.69) is 4.72 Å². The predicted molar refractivity (Wildman–Crippen MR) is 66.3 cm³/mol. The maximum Gasteiger partial charge on any atom is 0.326 e. The third kappa shape index (κ3) is 2.11. The zero-order valence-corrected chi connectivity index (χ0v) is 10.8. The lowest BCUT2D eigenvalue weighted by Crippen LogP contribution is -2.48. The number of benzene rings is 1. The molecule has 0 atom stereocenters. The Morgan fingerprint density at radius 3 is 2.41 bits per heavy atom. The summed E-state index contributed by atoms with van der Waals surface area (Å²) in [6.07, 6.45) is 0. The fourth-order valence-electron chi connectivity index (χ4n) is 1.69. The number of anilines is 1.